The topological polar surface area (TPSA) is 52.6 Å². The van der Waals surface area contributed by atoms with E-state index in [4.69, 9.17) is 0 Å². The van der Waals surface area contributed by atoms with Gasteiger partial charge in [-0.05, 0) is 13.8 Å². The maximum absolute atomic E-state index is 11.3. The normalized spacial score (nSPS) is 9.71. The van der Waals surface area contributed by atoms with Crippen LogP contribution in [-0.4, -0.2) is 26.2 Å². The molecule has 4 heteroatoms. The van der Waals surface area contributed by atoms with Gasteiger partial charge in [0, 0.05) is 6.42 Å². The summed E-state index contributed by atoms with van der Waals surface area (Å²) in [6.07, 6.45) is 0.100. The third kappa shape index (κ3) is 2.49. The first-order valence-corrected chi connectivity index (χ1v) is 4.09. The van der Waals surface area contributed by atoms with Crippen LogP contribution >= 0.6 is 0 Å². The molecule has 0 unspecified atom stereocenters. The molecule has 0 aliphatic heterocycles. The van der Waals surface area contributed by atoms with E-state index in [2.05, 4.69) is 21.3 Å². The summed E-state index contributed by atoms with van der Waals surface area (Å²) >= 11 is 0. The monoisotopic (exact) mass is 198 g/mol. The molecule has 0 N–H and O–H groups in total. The van der Waals surface area contributed by atoms with Crippen molar-refractivity contribution in [1.82, 2.24) is 0 Å². The maximum Gasteiger partial charge on any atom is 0.323 e. The quantitative estimate of drug-likeness (QED) is 0.381. The summed E-state index contributed by atoms with van der Waals surface area (Å²) in [5.74, 6) is 4.02. The van der Waals surface area contributed by atoms with Crippen molar-refractivity contribution in [2.24, 2.45) is 5.41 Å². The van der Waals surface area contributed by atoms with Gasteiger partial charge in [-0.15, -0.1) is 11.8 Å². The Hall–Kier alpha value is -1.50. The van der Waals surface area contributed by atoms with Crippen molar-refractivity contribution in [2.45, 2.75) is 20.3 Å². The van der Waals surface area contributed by atoms with Gasteiger partial charge in [0.2, 0.25) is 0 Å². The van der Waals surface area contributed by atoms with E-state index >= 15 is 0 Å². The first-order valence-electron chi connectivity index (χ1n) is 4.09. The standard InChI is InChI=1S/C10H14O4/c1-5-6-7-10(2,8(11)13-3)9(12)14-4/h7H2,1-4H3. The van der Waals surface area contributed by atoms with Crippen molar-refractivity contribution in [1.29, 1.82) is 0 Å². The minimum absolute atomic E-state index is 0.100. The van der Waals surface area contributed by atoms with Crippen LogP contribution in [0.2, 0.25) is 0 Å². The molecule has 0 aromatic heterocycles. The average Bonchev–Trinajstić information content (AvgIpc) is 2.23. The Balaban J connectivity index is 4.90. The summed E-state index contributed by atoms with van der Waals surface area (Å²) < 4.78 is 9.06. The summed E-state index contributed by atoms with van der Waals surface area (Å²) in [6.45, 7) is 3.09. The zero-order valence-electron chi connectivity index (χ0n) is 8.84. The molecule has 78 valence electrons. The van der Waals surface area contributed by atoms with Crippen LogP contribution in [0.15, 0.2) is 0 Å². The fraction of sp³-hybridized carbons (Fsp3) is 0.600. The molecule has 0 heterocycles. The van der Waals surface area contributed by atoms with Gasteiger partial charge in [0.1, 0.15) is 0 Å². The van der Waals surface area contributed by atoms with Crippen LogP contribution in [0.1, 0.15) is 20.3 Å². The molecule has 0 saturated carbocycles. The number of carbonyl (C=O) groups is 2. The predicted molar refractivity (Wildman–Crippen MR) is 50.2 cm³/mol. The summed E-state index contributed by atoms with van der Waals surface area (Å²) in [6, 6.07) is 0. The minimum atomic E-state index is -1.33. The third-order valence-electron chi connectivity index (χ3n) is 1.89. The number of carbonyl (C=O) groups excluding carboxylic acids is 2. The molecule has 0 fully saturated rings. The van der Waals surface area contributed by atoms with Gasteiger partial charge < -0.3 is 9.47 Å². The van der Waals surface area contributed by atoms with E-state index in [-0.39, 0.29) is 6.42 Å². The van der Waals surface area contributed by atoms with E-state index in [9.17, 15) is 9.59 Å². The Kier molecular flexibility index (Phi) is 4.71. The zero-order valence-corrected chi connectivity index (χ0v) is 8.84. The first kappa shape index (κ1) is 12.5. The molecule has 0 atom stereocenters. The van der Waals surface area contributed by atoms with Crippen LogP contribution < -0.4 is 0 Å². The number of hydrogen-bond donors (Lipinski definition) is 0. The van der Waals surface area contributed by atoms with E-state index in [1.54, 1.807) is 6.92 Å². The lowest BCUT2D eigenvalue weighted by atomic mass is 9.87. The SMILES string of the molecule is CC#CCC(C)(C(=O)OC)C(=O)OC. The highest BCUT2D eigenvalue weighted by Gasteiger charge is 2.43. The Bertz CT molecular complexity index is 266. The number of ether oxygens (including phenoxy) is 2. The second-order valence-electron chi connectivity index (χ2n) is 2.92. The number of rotatable bonds is 3. The number of hydrogen-bond acceptors (Lipinski definition) is 4. The summed E-state index contributed by atoms with van der Waals surface area (Å²) in [5.41, 5.74) is -1.33. The lowest BCUT2D eigenvalue weighted by Gasteiger charge is -2.20. The van der Waals surface area contributed by atoms with Gasteiger partial charge in [-0.25, -0.2) is 0 Å². The van der Waals surface area contributed by atoms with Gasteiger partial charge in [-0.2, -0.15) is 0 Å². The van der Waals surface area contributed by atoms with E-state index in [1.807, 2.05) is 0 Å². The van der Waals surface area contributed by atoms with E-state index in [1.165, 1.54) is 21.1 Å². The van der Waals surface area contributed by atoms with Gasteiger partial charge in [0.05, 0.1) is 14.2 Å². The second kappa shape index (κ2) is 5.28. The zero-order chi connectivity index (χ0) is 11.2. The van der Waals surface area contributed by atoms with Crippen molar-refractivity contribution in [3.8, 4) is 11.8 Å². The molecule has 0 radical (unpaired) electrons. The molecule has 0 aliphatic rings. The third-order valence-corrected chi connectivity index (χ3v) is 1.89. The van der Waals surface area contributed by atoms with Crippen LogP contribution in [0.4, 0.5) is 0 Å². The molecular formula is C10H14O4. The second-order valence-corrected chi connectivity index (χ2v) is 2.92. The molecule has 0 rings (SSSR count). The Morgan fingerprint density at radius 1 is 1.21 bits per heavy atom. The minimum Gasteiger partial charge on any atom is -0.468 e. The van der Waals surface area contributed by atoms with Crippen LogP contribution in [0.5, 0.6) is 0 Å². The van der Waals surface area contributed by atoms with Crippen molar-refractivity contribution in [2.75, 3.05) is 14.2 Å². The maximum atomic E-state index is 11.3. The lowest BCUT2D eigenvalue weighted by Crippen LogP contribution is -2.38. The lowest BCUT2D eigenvalue weighted by molar-refractivity contribution is -0.167. The van der Waals surface area contributed by atoms with Crippen molar-refractivity contribution < 1.29 is 19.1 Å². The van der Waals surface area contributed by atoms with Crippen molar-refractivity contribution in [3.05, 3.63) is 0 Å². The Morgan fingerprint density at radius 2 is 1.64 bits per heavy atom. The predicted octanol–water partition coefficient (Wildman–Crippen LogP) is 0.752. The van der Waals surface area contributed by atoms with Crippen LogP contribution in [0.25, 0.3) is 0 Å². The van der Waals surface area contributed by atoms with Gasteiger partial charge in [0.25, 0.3) is 0 Å². The molecule has 0 aromatic rings. The van der Waals surface area contributed by atoms with Gasteiger partial charge in [-0.1, -0.05) is 0 Å². The van der Waals surface area contributed by atoms with Crippen molar-refractivity contribution in [3.63, 3.8) is 0 Å². The molecule has 0 bridgehead atoms. The largest absolute Gasteiger partial charge is 0.468 e. The van der Waals surface area contributed by atoms with Gasteiger partial charge in [-0.3, -0.25) is 9.59 Å². The molecule has 4 nitrogen and oxygen atoms in total. The Morgan fingerprint density at radius 3 is 1.93 bits per heavy atom. The van der Waals surface area contributed by atoms with Gasteiger partial charge >= 0.3 is 11.9 Å². The molecular weight excluding hydrogens is 184 g/mol. The average molecular weight is 198 g/mol. The highest BCUT2D eigenvalue weighted by molar-refractivity contribution is 5.99. The molecule has 0 amide bonds. The number of esters is 2. The fourth-order valence-corrected chi connectivity index (χ4v) is 0.943. The summed E-state index contributed by atoms with van der Waals surface area (Å²) in [5, 5.41) is 0. The van der Waals surface area contributed by atoms with E-state index < -0.39 is 17.4 Å². The van der Waals surface area contributed by atoms with Crippen LogP contribution in [-0.2, 0) is 19.1 Å². The van der Waals surface area contributed by atoms with Crippen LogP contribution in [0.3, 0.4) is 0 Å². The highest BCUT2D eigenvalue weighted by Crippen LogP contribution is 2.24. The Labute approximate surface area is 83.6 Å². The first-order chi connectivity index (χ1) is 6.52. The molecule has 0 aliphatic carbocycles. The van der Waals surface area contributed by atoms with E-state index in [0.717, 1.165) is 0 Å². The highest BCUT2D eigenvalue weighted by atomic mass is 16.5. The molecule has 0 saturated heterocycles. The smallest absolute Gasteiger partial charge is 0.323 e. The van der Waals surface area contributed by atoms with Crippen LogP contribution in [0, 0.1) is 17.3 Å². The number of methoxy groups -OCH3 is 2. The molecule has 0 aromatic carbocycles. The summed E-state index contributed by atoms with van der Waals surface area (Å²) in [4.78, 5) is 22.7. The molecule has 14 heavy (non-hydrogen) atoms. The molecule has 0 spiro atoms. The fourth-order valence-electron chi connectivity index (χ4n) is 0.943. The summed E-state index contributed by atoms with van der Waals surface area (Å²) in [7, 11) is 2.45. The van der Waals surface area contributed by atoms with E-state index in [0.29, 0.717) is 0 Å². The van der Waals surface area contributed by atoms with Crippen molar-refractivity contribution >= 4 is 11.9 Å². The van der Waals surface area contributed by atoms with Gasteiger partial charge in [0.15, 0.2) is 5.41 Å².